The Morgan fingerprint density at radius 2 is 2.12 bits per heavy atom. The van der Waals surface area contributed by atoms with Crippen LogP contribution in [0.5, 0.6) is 5.75 Å². The van der Waals surface area contributed by atoms with Crippen LogP contribution in [0.2, 0.25) is 0 Å². The first-order valence-corrected chi connectivity index (χ1v) is 4.62. The Labute approximate surface area is 95.6 Å². The lowest BCUT2D eigenvalue weighted by Crippen LogP contribution is -2.33. The summed E-state index contributed by atoms with van der Waals surface area (Å²) in [7, 11) is 1.40. The van der Waals surface area contributed by atoms with E-state index in [-0.39, 0.29) is 11.3 Å². The molecule has 3 N–H and O–H groups in total. The molecule has 1 aromatic carbocycles. The van der Waals surface area contributed by atoms with Gasteiger partial charge in [0.2, 0.25) is 0 Å². The molecule has 1 rings (SSSR count). The van der Waals surface area contributed by atoms with E-state index in [1.807, 2.05) is 0 Å². The first-order chi connectivity index (χ1) is 7.83. The van der Waals surface area contributed by atoms with Gasteiger partial charge in [0, 0.05) is 5.56 Å². The Kier molecular flexibility index (Phi) is 3.82. The van der Waals surface area contributed by atoms with Crippen LogP contribution in [0.15, 0.2) is 18.2 Å². The fourth-order valence-electron chi connectivity index (χ4n) is 1.16. The summed E-state index contributed by atoms with van der Waals surface area (Å²) in [6.45, 7) is -1.38. The van der Waals surface area contributed by atoms with Crippen molar-refractivity contribution in [1.29, 1.82) is 0 Å². The molecule has 1 amide bonds. The standard InChI is InChI=1S/C10H11F3N2O2/c1-17-8-3-2-6(4-7(8)14)9(16)15-5-10(11,12)13/h2-4H,5,14H2,1H3,(H,15,16). The highest BCUT2D eigenvalue weighted by molar-refractivity contribution is 5.95. The predicted molar refractivity (Wildman–Crippen MR) is 55.8 cm³/mol. The third-order valence-corrected chi connectivity index (χ3v) is 1.94. The number of carbonyl (C=O) groups excluding carboxylic acids is 1. The lowest BCUT2D eigenvalue weighted by molar-refractivity contribution is -0.123. The van der Waals surface area contributed by atoms with E-state index in [4.69, 9.17) is 10.5 Å². The number of carbonyl (C=O) groups is 1. The van der Waals surface area contributed by atoms with Crippen LogP contribution in [-0.2, 0) is 0 Å². The number of alkyl halides is 3. The Balaban J connectivity index is 2.73. The van der Waals surface area contributed by atoms with E-state index in [1.54, 1.807) is 5.32 Å². The number of nitrogens with one attached hydrogen (secondary N) is 1. The van der Waals surface area contributed by atoms with Crippen molar-refractivity contribution in [1.82, 2.24) is 5.32 Å². The number of hydrogen-bond acceptors (Lipinski definition) is 3. The number of hydrogen-bond donors (Lipinski definition) is 2. The molecule has 0 saturated carbocycles. The minimum absolute atomic E-state index is 0.0487. The largest absolute Gasteiger partial charge is 0.495 e. The van der Waals surface area contributed by atoms with Crippen LogP contribution in [0.1, 0.15) is 10.4 Å². The molecule has 0 aliphatic carbocycles. The van der Waals surface area contributed by atoms with Crippen LogP contribution in [0, 0.1) is 0 Å². The van der Waals surface area contributed by atoms with Gasteiger partial charge in [0.25, 0.3) is 5.91 Å². The van der Waals surface area contributed by atoms with Crippen molar-refractivity contribution in [2.45, 2.75) is 6.18 Å². The molecule has 94 valence electrons. The maximum absolute atomic E-state index is 11.9. The third-order valence-electron chi connectivity index (χ3n) is 1.94. The van der Waals surface area contributed by atoms with E-state index in [0.717, 1.165) is 0 Å². The van der Waals surface area contributed by atoms with Gasteiger partial charge in [0.15, 0.2) is 0 Å². The molecule has 1 aromatic rings. The van der Waals surface area contributed by atoms with Crippen LogP contribution >= 0.6 is 0 Å². The zero-order valence-corrected chi connectivity index (χ0v) is 8.97. The normalized spacial score (nSPS) is 11.1. The zero-order chi connectivity index (χ0) is 13.1. The molecule has 0 spiro atoms. The Hall–Kier alpha value is -1.92. The van der Waals surface area contributed by atoms with E-state index in [0.29, 0.717) is 5.75 Å². The van der Waals surface area contributed by atoms with Gasteiger partial charge in [-0.25, -0.2) is 0 Å². The lowest BCUT2D eigenvalue weighted by atomic mass is 10.2. The van der Waals surface area contributed by atoms with Crippen LogP contribution in [0.25, 0.3) is 0 Å². The van der Waals surface area contributed by atoms with Crippen molar-refractivity contribution < 1.29 is 22.7 Å². The van der Waals surface area contributed by atoms with Gasteiger partial charge < -0.3 is 15.8 Å². The SMILES string of the molecule is COc1ccc(C(=O)NCC(F)(F)F)cc1N. The number of nitrogens with two attached hydrogens (primary N) is 1. The average Bonchev–Trinajstić information content (AvgIpc) is 2.24. The molecule has 0 radical (unpaired) electrons. The summed E-state index contributed by atoms with van der Waals surface area (Å²) in [5.41, 5.74) is 5.76. The summed E-state index contributed by atoms with van der Waals surface area (Å²) in [4.78, 5) is 11.3. The Bertz CT molecular complexity index is 419. The molecule has 4 nitrogen and oxygen atoms in total. The van der Waals surface area contributed by atoms with E-state index < -0.39 is 18.6 Å². The smallest absolute Gasteiger partial charge is 0.405 e. The Morgan fingerprint density at radius 1 is 1.47 bits per heavy atom. The van der Waals surface area contributed by atoms with Crippen LogP contribution in [0.4, 0.5) is 18.9 Å². The van der Waals surface area contributed by atoms with Crippen LogP contribution < -0.4 is 15.8 Å². The van der Waals surface area contributed by atoms with Gasteiger partial charge in [0.05, 0.1) is 12.8 Å². The highest BCUT2D eigenvalue weighted by atomic mass is 19.4. The molecule has 0 heterocycles. The number of halogens is 3. The van der Waals surface area contributed by atoms with Crippen molar-refractivity contribution in [3.63, 3.8) is 0 Å². The molecule has 0 aliphatic heterocycles. The van der Waals surface area contributed by atoms with Crippen molar-refractivity contribution in [2.24, 2.45) is 0 Å². The summed E-state index contributed by atoms with van der Waals surface area (Å²) < 4.78 is 40.5. The van der Waals surface area contributed by atoms with Crippen molar-refractivity contribution in [3.8, 4) is 5.75 Å². The fourth-order valence-corrected chi connectivity index (χ4v) is 1.16. The van der Waals surface area contributed by atoms with Gasteiger partial charge in [-0.2, -0.15) is 13.2 Å². The van der Waals surface area contributed by atoms with Crippen LogP contribution in [-0.4, -0.2) is 25.7 Å². The second kappa shape index (κ2) is 4.94. The van der Waals surface area contributed by atoms with Gasteiger partial charge in [-0.15, -0.1) is 0 Å². The van der Waals surface area contributed by atoms with E-state index in [1.165, 1.54) is 25.3 Å². The molecule has 0 atom stereocenters. The van der Waals surface area contributed by atoms with Crippen molar-refractivity contribution in [3.05, 3.63) is 23.8 Å². The first kappa shape index (κ1) is 13.1. The average molecular weight is 248 g/mol. The van der Waals surface area contributed by atoms with Gasteiger partial charge in [-0.1, -0.05) is 0 Å². The van der Waals surface area contributed by atoms with Gasteiger partial charge in [-0.05, 0) is 18.2 Å². The maximum atomic E-state index is 11.9. The van der Waals surface area contributed by atoms with E-state index in [2.05, 4.69) is 0 Å². The number of amides is 1. The summed E-state index contributed by atoms with van der Waals surface area (Å²) in [5, 5.41) is 1.74. The van der Waals surface area contributed by atoms with Crippen LogP contribution in [0.3, 0.4) is 0 Å². The van der Waals surface area contributed by atoms with E-state index in [9.17, 15) is 18.0 Å². The summed E-state index contributed by atoms with van der Waals surface area (Å²) >= 11 is 0. The van der Waals surface area contributed by atoms with Gasteiger partial charge in [0.1, 0.15) is 12.3 Å². The minimum atomic E-state index is -4.44. The fraction of sp³-hybridized carbons (Fsp3) is 0.300. The topological polar surface area (TPSA) is 64.3 Å². The van der Waals surface area contributed by atoms with E-state index >= 15 is 0 Å². The van der Waals surface area contributed by atoms with Gasteiger partial charge >= 0.3 is 6.18 Å². The molecule has 0 bridgehead atoms. The number of ether oxygens (including phenoxy) is 1. The predicted octanol–water partition coefficient (Wildman–Crippen LogP) is 1.57. The molecule has 0 saturated heterocycles. The highest BCUT2D eigenvalue weighted by Crippen LogP contribution is 2.22. The molecule has 17 heavy (non-hydrogen) atoms. The minimum Gasteiger partial charge on any atom is -0.495 e. The quantitative estimate of drug-likeness (QED) is 0.798. The number of nitrogen functional groups attached to an aromatic ring is 1. The number of methoxy groups -OCH3 is 1. The molecule has 7 heteroatoms. The van der Waals surface area contributed by atoms with Crippen molar-refractivity contribution in [2.75, 3.05) is 19.4 Å². The number of benzene rings is 1. The number of anilines is 1. The molecule has 0 aromatic heterocycles. The molecular weight excluding hydrogens is 237 g/mol. The summed E-state index contributed by atoms with van der Waals surface area (Å²) in [5.74, 6) is -0.478. The molecule has 0 unspecified atom stereocenters. The highest BCUT2D eigenvalue weighted by Gasteiger charge is 2.27. The van der Waals surface area contributed by atoms with Gasteiger partial charge in [-0.3, -0.25) is 4.79 Å². The van der Waals surface area contributed by atoms with Crippen molar-refractivity contribution >= 4 is 11.6 Å². The second-order valence-corrected chi connectivity index (χ2v) is 3.25. The first-order valence-electron chi connectivity index (χ1n) is 4.62. The zero-order valence-electron chi connectivity index (χ0n) is 8.97. The maximum Gasteiger partial charge on any atom is 0.405 e. The third kappa shape index (κ3) is 3.86. The molecule has 0 aliphatic rings. The lowest BCUT2D eigenvalue weighted by Gasteiger charge is -2.09. The second-order valence-electron chi connectivity index (χ2n) is 3.25. The Morgan fingerprint density at radius 3 is 2.59 bits per heavy atom. The monoisotopic (exact) mass is 248 g/mol. The summed E-state index contributed by atoms with van der Waals surface area (Å²) in [6.07, 6.45) is -4.44. The number of rotatable bonds is 3. The molecular formula is C10H11F3N2O2. The molecule has 0 fully saturated rings. The summed E-state index contributed by atoms with van der Waals surface area (Å²) in [6, 6.07) is 4.00.